The van der Waals surface area contributed by atoms with Crippen LogP contribution in [0.1, 0.15) is 32.8 Å². The number of guanidine groups is 1. The van der Waals surface area contributed by atoms with E-state index < -0.39 is 0 Å². The normalized spacial score (nSPS) is 25.5. The quantitative estimate of drug-likeness (QED) is 0.550. The molecule has 2 fully saturated rings. The van der Waals surface area contributed by atoms with E-state index in [1.807, 2.05) is 12.1 Å². The highest BCUT2D eigenvalue weighted by molar-refractivity contribution is 5.80. The van der Waals surface area contributed by atoms with E-state index in [4.69, 9.17) is 23.9 Å². The summed E-state index contributed by atoms with van der Waals surface area (Å²) < 4.78 is 22.2. The second-order valence-corrected chi connectivity index (χ2v) is 7.92. The number of aliphatic imine (C=N–C) groups is 1. The fraction of sp³-hybridized carbons (Fsp3) is 0.667. The van der Waals surface area contributed by atoms with Crippen LogP contribution in [0.3, 0.4) is 0 Å². The number of hydrogen-bond donors (Lipinski definition) is 2. The fourth-order valence-corrected chi connectivity index (χ4v) is 4.48. The SMILES string of the molecule is CCNC(=NCc1cc(OC)c(OC)c(OC)c1)NC1C2CCOC2C1(C)C. The maximum absolute atomic E-state index is 5.90. The first-order valence-corrected chi connectivity index (χ1v) is 9.91. The highest BCUT2D eigenvalue weighted by Crippen LogP contribution is 2.52. The molecule has 0 aromatic heterocycles. The molecule has 1 saturated heterocycles. The first kappa shape index (κ1) is 20.6. The zero-order valence-corrected chi connectivity index (χ0v) is 17.8. The lowest BCUT2D eigenvalue weighted by Gasteiger charge is -2.54. The lowest BCUT2D eigenvalue weighted by atomic mass is 9.57. The summed E-state index contributed by atoms with van der Waals surface area (Å²) in [5, 5.41) is 7.00. The van der Waals surface area contributed by atoms with Gasteiger partial charge in [0.15, 0.2) is 17.5 Å². The molecule has 2 N–H and O–H groups in total. The van der Waals surface area contributed by atoms with Gasteiger partial charge in [-0.3, -0.25) is 0 Å². The number of methoxy groups -OCH3 is 3. The first-order valence-electron chi connectivity index (χ1n) is 9.91. The molecule has 7 heteroatoms. The summed E-state index contributed by atoms with van der Waals surface area (Å²) in [7, 11) is 4.84. The third-order valence-electron chi connectivity index (χ3n) is 5.88. The predicted octanol–water partition coefficient (Wildman–Crippen LogP) is 2.58. The summed E-state index contributed by atoms with van der Waals surface area (Å²) in [5.41, 5.74) is 1.09. The molecule has 3 unspecified atom stereocenters. The van der Waals surface area contributed by atoms with E-state index in [9.17, 15) is 0 Å². The molecule has 0 amide bonds. The van der Waals surface area contributed by atoms with Crippen LogP contribution in [0.15, 0.2) is 17.1 Å². The Balaban J connectivity index is 1.76. The van der Waals surface area contributed by atoms with Crippen LogP contribution in [-0.2, 0) is 11.3 Å². The van der Waals surface area contributed by atoms with Gasteiger partial charge in [0.2, 0.25) is 5.75 Å². The lowest BCUT2D eigenvalue weighted by molar-refractivity contribution is -0.106. The second-order valence-electron chi connectivity index (χ2n) is 7.92. The molecule has 1 aliphatic carbocycles. The Bertz CT molecular complexity index is 695. The van der Waals surface area contributed by atoms with Crippen LogP contribution in [0.4, 0.5) is 0 Å². The van der Waals surface area contributed by atoms with Crippen LogP contribution in [0, 0.1) is 11.3 Å². The van der Waals surface area contributed by atoms with E-state index in [2.05, 4.69) is 31.4 Å². The summed E-state index contributed by atoms with van der Waals surface area (Å²) in [6, 6.07) is 4.23. The smallest absolute Gasteiger partial charge is 0.203 e. The average Bonchev–Trinajstić information content (AvgIpc) is 3.16. The van der Waals surface area contributed by atoms with Gasteiger partial charge in [0.05, 0.1) is 34.0 Å². The van der Waals surface area contributed by atoms with E-state index in [0.717, 1.165) is 31.1 Å². The van der Waals surface area contributed by atoms with Crippen LogP contribution in [0.25, 0.3) is 0 Å². The Kier molecular flexibility index (Phi) is 6.23. The van der Waals surface area contributed by atoms with Crippen molar-refractivity contribution >= 4 is 5.96 Å². The number of benzene rings is 1. The van der Waals surface area contributed by atoms with Crippen LogP contribution in [-0.4, -0.2) is 52.6 Å². The Labute approximate surface area is 167 Å². The van der Waals surface area contributed by atoms with E-state index in [1.54, 1.807) is 21.3 Å². The van der Waals surface area contributed by atoms with Crippen LogP contribution < -0.4 is 24.8 Å². The third kappa shape index (κ3) is 3.72. The van der Waals surface area contributed by atoms with Gasteiger partial charge in [-0.15, -0.1) is 0 Å². The van der Waals surface area contributed by atoms with Crippen molar-refractivity contribution in [2.24, 2.45) is 16.3 Å². The second kappa shape index (κ2) is 8.47. The van der Waals surface area contributed by atoms with E-state index >= 15 is 0 Å². The van der Waals surface area contributed by atoms with Crippen molar-refractivity contribution in [3.8, 4) is 17.2 Å². The van der Waals surface area contributed by atoms with Crippen molar-refractivity contribution in [3.63, 3.8) is 0 Å². The zero-order chi connectivity index (χ0) is 20.3. The summed E-state index contributed by atoms with van der Waals surface area (Å²) in [4.78, 5) is 4.79. The van der Waals surface area contributed by atoms with Crippen molar-refractivity contribution in [2.75, 3.05) is 34.5 Å². The van der Waals surface area contributed by atoms with Crippen molar-refractivity contribution in [3.05, 3.63) is 17.7 Å². The van der Waals surface area contributed by atoms with Crippen LogP contribution in [0.5, 0.6) is 17.2 Å². The number of nitrogens with one attached hydrogen (secondary N) is 2. The minimum atomic E-state index is 0.101. The van der Waals surface area contributed by atoms with Gasteiger partial charge in [0.25, 0.3) is 0 Å². The average molecular weight is 392 g/mol. The topological polar surface area (TPSA) is 73.3 Å². The zero-order valence-electron chi connectivity index (χ0n) is 17.8. The van der Waals surface area contributed by atoms with Crippen molar-refractivity contribution in [1.82, 2.24) is 10.6 Å². The molecule has 1 saturated carbocycles. The molecular weight excluding hydrogens is 358 g/mol. The van der Waals surface area contributed by atoms with Gasteiger partial charge in [-0.2, -0.15) is 0 Å². The predicted molar refractivity (Wildman–Crippen MR) is 109 cm³/mol. The van der Waals surface area contributed by atoms with Gasteiger partial charge in [-0.1, -0.05) is 13.8 Å². The monoisotopic (exact) mass is 391 g/mol. The molecule has 3 rings (SSSR count). The number of nitrogens with zero attached hydrogens (tertiary/aromatic N) is 1. The molecule has 0 radical (unpaired) electrons. The molecule has 1 aromatic carbocycles. The molecule has 1 aliphatic heterocycles. The Hall–Kier alpha value is -2.15. The van der Waals surface area contributed by atoms with E-state index in [-0.39, 0.29) is 5.41 Å². The van der Waals surface area contributed by atoms with Gasteiger partial charge in [-0.05, 0) is 31.0 Å². The minimum absolute atomic E-state index is 0.101. The molecule has 0 bridgehead atoms. The number of fused-ring (bicyclic) bond motifs is 1. The van der Waals surface area contributed by atoms with Gasteiger partial charge in [0.1, 0.15) is 0 Å². The van der Waals surface area contributed by atoms with Crippen LogP contribution >= 0.6 is 0 Å². The number of rotatable bonds is 7. The lowest BCUT2D eigenvalue weighted by Crippen LogP contribution is -2.67. The molecule has 1 aromatic rings. The van der Waals surface area contributed by atoms with Crippen LogP contribution in [0.2, 0.25) is 0 Å². The van der Waals surface area contributed by atoms with Crippen molar-refractivity contribution in [2.45, 2.75) is 45.9 Å². The van der Waals surface area contributed by atoms with Gasteiger partial charge in [0, 0.05) is 30.5 Å². The molecule has 28 heavy (non-hydrogen) atoms. The number of hydrogen-bond acceptors (Lipinski definition) is 5. The standard InChI is InChI=1S/C21H33N3O4/c1-7-22-20(24-18-14-8-9-28-19(14)21(18,2)3)23-12-13-10-15(25-4)17(27-6)16(11-13)26-5/h10-11,14,18-19H,7-9,12H2,1-6H3,(H2,22,23,24). The highest BCUT2D eigenvalue weighted by atomic mass is 16.5. The first-order chi connectivity index (χ1) is 13.5. The highest BCUT2D eigenvalue weighted by Gasteiger charge is 2.59. The Morgan fingerprint density at radius 2 is 1.86 bits per heavy atom. The molecule has 7 nitrogen and oxygen atoms in total. The number of ether oxygens (including phenoxy) is 4. The molecule has 2 aliphatic rings. The van der Waals surface area contributed by atoms with Crippen molar-refractivity contribution in [1.29, 1.82) is 0 Å². The summed E-state index contributed by atoms with van der Waals surface area (Å²) in [6.07, 6.45) is 1.46. The van der Waals surface area contributed by atoms with Crippen molar-refractivity contribution < 1.29 is 18.9 Å². The molecule has 156 valence electrons. The minimum Gasteiger partial charge on any atom is -0.493 e. The fourth-order valence-electron chi connectivity index (χ4n) is 4.48. The summed E-state index contributed by atoms with van der Waals surface area (Å²) in [6.45, 7) is 8.77. The van der Waals surface area contributed by atoms with E-state index in [1.165, 1.54) is 0 Å². The maximum Gasteiger partial charge on any atom is 0.203 e. The van der Waals surface area contributed by atoms with E-state index in [0.29, 0.717) is 41.9 Å². The van der Waals surface area contributed by atoms with Gasteiger partial charge in [-0.25, -0.2) is 4.99 Å². The summed E-state index contributed by atoms with van der Waals surface area (Å²) >= 11 is 0. The molecular formula is C21H33N3O4. The third-order valence-corrected chi connectivity index (χ3v) is 5.88. The molecule has 3 atom stereocenters. The maximum atomic E-state index is 5.90. The van der Waals surface area contributed by atoms with Gasteiger partial charge < -0.3 is 29.6 Å². The largest absolute Gasteiger partial charge is 0.493 e. The Morgan fingerprint density at radius 1 is 1.18 bits per heavy atom. The van der Waals surface area contributed by atoms with Gasteiger partial charge >= 0.3 is 0 Å². The summed E-state index contributed by atoms with van der Waals surface area (Å²) in [5.74, 6) is 3.23. The Morgan fingerprint density at radius 3 is 2.43 bits per heavy atom. The molecule has 1 heterocycles. The molecule has 0 spiro atoms.